The summed E-state index contributed by atoms with van der Waals surface area (Å²) in [7, 11) is 0. The van der Waals surface area contributed by atoms with E-state index in [2.05, 4.69) is 0 Å². The number of aliphatic hydroxyl groups excluding tert-OH is 1. The molecular formula is C32H37NO6S. The third-order valence-electron chi connectivity index (χ3n) is 7.40. The molecule has 3 aromatic rings. The molecule has 0 saturated carbocycles. The van der Waals surface area contributed by atoms with Crippen molar-refractivity contribution in [1.29, 1.82) is 0 Å². The number of aryl methyl sites for hydroxylation is 2. The number of thioether (sulfide) groups is 1. The summed E-state index contributed by atoms with van der Waals surface area (Å²) in [5, 5.41) is 20.3. The summed E-state index contributed by atoms with van der Waals surface area (Å²) < 4.78 is 11.5. The third kappa shape index (κ3) is 7.24. The van der Waals surface area contributed by atoms with E-state index in [1.54, 1.807) is 23.9 Å². The SMILES string of the molecule is CSc1ccc(C(=O)[C@@H]2CN(C(O)Oc3ccccc3)C[C@H]2CCc2ccc(OC(C)(C)C(=O)O)c(C)c2)cc1. The number of ketones is 1. The van der Waals surface area contributed by atoms with Crippen molar-refractivity contribution in [2.45, 2.75) is 50.5 Å². The number of hydrogen-bond donors (Lipinski definition) is 2. The minimum atomic E-state index is -1.33. The van der Waals surface area contributed by atoms with Crippen LogP contribution in [0.5, 0.6) is 11.5 Å². The van der Waals surface area contributed by atoms with E-state index in [9.17, 15) is 19.8 Å². The monoisotopic (exact) mass is 563 g/mol. The van der Waals surface area contributed by atoms with Crippen molar-refractivity contribution in [2.24, 2.45) is 11.8 Å². The van der Waals surface area contributed by atoms with Gasteiger partial charge in [-0.05, 0) is 87.2 Å². The van der Waals surface area contributed by atoms with Gasteiger partial charge in [0.15, 0.2) is 11.4 Å². The lowest BCUT2D eigenvalue weighted by Gasteiger charge is -2.23. The highest BCUT2D eigenvalue weighted by Crippen LogP contribution is 2.33. The molecule has 8 heteroatoms. The lowest BCUT2D eigenvalue weighted by atomic mass is 9.84. The number of ether oxygens (including phenoxy) is 2. The number of likely N-dealkylation sites (tertiary alicyclic amines) is 1. The number of benzene rings is 3. The molecule has 3 aromatic carbocycles. The summed E-state index contributed by atoms with van der Waals surface area (Å²) in [6.45, 7) is 5.88. The lowest BCUT2D eigenvalue weighted by Crippen LogP contribution is -2.38. The fourth-order valence-electron chi connectivity index (χ4n) is 4.99. The van der Waals surface area contributed by atoms with Gasteiger partial charge in [0.25, 0.3) is 6.41 Å². The van der Waals surface area contributed by atoms with E-state index in [1.807, 2.05) is 78.7 Å². The molecule has 4 rings (SSSR count). The number of carboxylic acid groups (broad SMARTS) is 1. The second-order valence-electron chi connectivity index (χ2n) is 10.7. The van der Waals surface area contributed by atoms with E-state index in [4.69, 9.17) is 9.47 Å². The van der Waals surface area contributed by atoms with Gasteiger partial charge in [0.2, 0.25) is 0 Å². The minimum Gasteiger partial charge on any atom is -0.478 e. The first-order chi connectivity index (χ1) is 19.1. The van der Waals surface area contributed by atoms with Crippen molar-refractivity contribution in [3.05, 3.63) is 89.5 Å². The van der Waals surface area contributed by atoms with Crippen molar-refractivity contribution in [2.75, 3.05) is 19.3 Å². The number of carbonyl (C=O) groups is 2. The second kappa shape index (κ2) is 12.9. The number of rotatable bonds is 12. The van der Waals surface area contributed by atoms with Crippen LogP contribution in [0, 0.1) is 18.8 Å². The van der Waals surface area contributed by atoms with E-state index >= 15 is 0 Å². The van der Waals surface area contributed by atoms with E-state index in [1.165, 1.54) is 13.8 Å². The van der Waals surface area contributed by atoms with Gasteiger partial charge in [0.05, 0.1) is 0 Å². The summed E-state index contributed by atoms with van der Waals surface area (Å²) in [5.74, 6) is -0.121. The number of hydrogen-bond acceptors (Lipinski definition) is 7. The molecule has 1 aliphatic rings. The molecule has 0 aliphatic carbocycles. The summed E-state index contributed by atoms with van der Waals surface area (Å²) in [5.41, 5.74) is 1.27. The third-order valence-corrected chi connectivity index (χ3v) is 8.14. The zero-order chi connectivity index (χ0) is 28.9. The fourth-order valence-corrected chi connectivity index (χ4v) is 5.40. The van der Waals surface area contributed by atoms with Crippen molar-refractivity contribution < 1.29 is 29.3 Å². The Morgan fingerprint density at radius 2 is 1.75 bits per heavy atom. The average molecular weight is 564 g/mol. The maximum atomic E-state index is 13.7. The molecule has 1 saturated heterocycles. The number of para-hydroxylation sites is 1. The molecular weight excluding hydrogens is 526 g/mol. The highest BCUT2D eigenvalue weighted by molar-refractivity contribution is 7.98. The fraction of sp³-hybridized carbons (Fsp3) is 0.375. The summed E-state index contributed by atoms with van der Waals surface area (Å²) in [6, 6.07) is 22.6. The largest absolute Gasteiger partial charge is 0.478 e. The van der Waals surface area contributed by atoms with Crippen LogP contribution in [0.3, 0.4) is 0 Å². The molecule has 0 bridgehead atoms. The summed E-state index contributed by atoms with van der Waals surface area (Å²) in [4.78, 5) is 28.1. The number of aliphatic hydroxyl groups is 1. The predicted molar refractivity (Wildman–Crippen MR) is 156 cm³/mol. The minimum absolute atomic E-state index is 0.0175. The highest BCUT2D eigenvalue weighted by Gasteiger charge is 2.40. The topological polar surface area (TPSA) is 96.3 Å². The number of carbonyl (C=O) groups excluding carboxylic acids is 1. The van der Waals surface area contributed by atoms with Crippen LogP contribution in [0.25, 0.3) is 0 Å². The van der Waals surface area contributed by atoms with Gasteiger partial charge >= 0.3 is 5.97 Å². The molecule has 7 nitrogen and oxygen atoms in total. The first-order valence-electron chi connectivity index (χ1n) is 13.4. The Labute approximate surface area is 240 Å². The first-order valence-corrected chi connectivity index (χ1v) is 14.6. The average Bonchev–Trinajstić information content (AvgIpc) is 3.38. The Balaban J connectivity index is 1.49. The molecule has 40 heavy (non-hydrogen) atoms. The van der Waals surface area contributed by atoms with E-state index in [0.29, 0.717) is 30.2 Å². The van der Waals surface area contributed by atoms with Gasteiger partial charge in [-0.3, -0.25) is 4.79 Å². The molecule has 0 aromatic heterocycles. The number of Topliss-reactive ketones (excluding diaryl/α,β-unsaturated/α-hetero) is 1. The molecule has 3 atom stereocenters. The zero-order valence-electron chi connectivity index (χ0n) is 23.4. The van der Waals surface area contributed by atoms with Gasteiger partial charge in [0.1, 0.15) is 11.5 Å². The van der Waals surface area contributed by atoms with Crippen LogP contribution in [-0.4, -0.2) is 58.2 Å². The van der Waals surface area contributed by atoms with E-state index in [0.717, 1.165) is 28.9 Å². The number of aliphatic carboxylic acids is 1. The van der Waals surface area contributed by atoms with Crippen molar-refractivity contribution in [3.8, 4) is 11.5 Å². The van der Waals surface area contributed by atoms with Crippen LogP contribution in [0.1, 0.15) is 41.8 Å². The quantitative estimate of drug-likeness (QED) is 0.165. The van der Waals surface area contributed by atoms with Crippen molar-refractivity contribution >= 4 is 23.5 Å². The first kappa shape index (κ1) is 29.6. The summed E-state index contributed by atoms with van der Waals surface area (Å²) >= 11 is 1.63. The Hall–Kier alpha value is -3.33. The Morgan fingerprint density at radius 1 is 1.05 bits per heavy atom. The van der Waals surface area contributed by atoms with E-state index in [-0.39, 0.29) is 17.6 Å². The van der Waals surface area contributed by atoms with Gasteiger partial charge in [0, 0.05) is 29.5 Å². The van der Waals surface area contributed by atoms with Gasteiger partial charge in [-0.25, -0.2) is 9.69 Å². The Morgan fingerprint density at radius 3 is 2.38 bits per heavy atom. The molecule has 2 N–H and O–H groups in total. The smallest absolute Gasteiger partial charge is 0.347 e. The highest BCUT2D eigenvalue weighted by atomic mass is 32.2. The Bertz CT molecular complexity index is 1310. The van der Waals surface area contributed by atoms with Gasteiger partial charge in [-0.1, -0.05) is 42.5 Å². The maximum absolute atomic E-state index is 13.7. The van der Waals surface area contributed by atoms with Crippen LogP contribution in [0.15, 0.2) is 77.7 Å². The molecule has 1 unspecified atom stereocenters. The standard InChI is InChI=1S/C32H37NO6S/c1-21-18-22(11-17-28(21)39-32(2,3)30(35)36)10-12-24-19-33(31(37)38-25-8-6-5-7-9-25)20-27(24)29(34)23-13-15-26(40-4)16-14-23/h5-9,11,13-18,24,27,31,37H,10,12,19-20H2,1-4H3,(H,35,36)/t24-,27-,31?/m1/s1. The molecule has 212 valence electrons. The molecule has 1 fully saturated rings. The molecule has 1 aliphatic heterocycles. The lowest BCUT2D eigenvalue weighted by molar-refractivity contribution is -0.152. The molecule has 1 heterocycles. The molecule has 0 spiro atoms. The van der Waals surface area contributed by atoms with Crippen molar-refractivity contribution in [3.63, 3.8) is 0 Å². The maximum Gasteiger partial charge on any atom is 0.347 e. The van der Waals surface area contributed by atoms with Gasteiger partial charge in [-0.15, -0.1) is 11.8 Å². The molecule has 0 amide bonds. The van der Waals surface area contributed by atoms with Gasteiger partial charge in [-0.2, -0.15) is 0 Å². The Kier molecular flexibility index (Phi) is 9.56. The van der Waals surface area contributed by atoms with Crippen molar-refractivity contribution in [1.82, 2.24) is 4.90 Å². The predicted octanol–water partition coefficient (Wildman–Crippen LogP) is 5.68. The number of carboxylic acids is 1. The van der Waals surface area contributed by atoms with Crippen LogP contribution in [0.2, 0.25) is 0 Å². The van der Waals surface area contributed by atoms with Gasteiger partial charge < -0.3 is 19.7 Å². The normalized spacial score (nSPS) is 18.3. The summed E-state index contributed by atoms with van der Waals surface area (Å²) in [6.07, 6.45) is 2.32. The van der Waals surface area contributed by atoms with Crippen LogP contribution < -0.4 is 9.47 Å². The van der Waals surface area contributed by atoms with Crippen LogP contribution in [-0.2, 0) is 11.2 Å². The second-order valence-corrected chi connectivity index (χ2v) is 11.6. The zero-order valence-corrected chi connectivity index (χ0v) is 24.2. The van der Waals surface area contributed by atoms with E-state index < -0.39 is 18.0 Å². The van der Waals surface area contributed by atoms with Crippen LogP contribution in [0.4, 0.5) is 0 Å². The number of nitrogens with zero attached hydrogens (tertiary/aromatic N) is 1. The molecule has 0 radical (unpaired) electrons. The van der Waals surface area contributed by atoms with Crippen LogP contribution >= 0.6 is 11.8 Å².